The van der Waals surface area contributed by atoms with Crippen LogP contribution in [-0.2, 0) is 0 Å². The Hall–Kier alpha value is -3.92. The van der Waals surface area contributed by atoms with Crippen molar-refractivity contribution < 1.29 is 13.6 Å². The third-order valence-electron chi connectivity index (χ3n) is 6.86. The zero-order valence-corrected chi connectivity index (χ0v) is 21.8. The third-order valence-corrected chi connectivity index (χ3v) is 6.86. The molecule has 38 heavy (non-hydrogen) atoms. The van der Waals surface area contributed by atoms with Gasteiger partial charge in [-0.2, -0.15) is 0 Å². The molecule has 1 aromatic carbocycles. The minimum absolute atomic E-state index is 0.0235. The smallest absolute Gasteiger partial charge is 0.253 e. The van der Waals surface area contributed by atoms with Crippen LogP contribution in [0.4, 0.5) is 20.5 Å². The molecule has 10 heteroatoms. The van der Waals surface area contributed by atoms with Gasteiger partial charge in [0.25, 0.3) is 5.91 Å². The molecule has 3 aromatic heterocycles. The van der Waals surface area contributed by atoms with Crippen molar-refractivity contribution in [2.24, 2.45) is 0 Å². The molecule has 8 nitrogen and oxygen atoms in total. The first-order valence-electron chi connectivity index (χ1n) is 12.8. The molecule has 1 fully saturated rings. The van der Waals surface area contributed by atoms with Crippen LogP contribution >= 0.6 is 0 Å². The summed E-state index contributed by atoms with van der Waals surface area (Å²) in [6.07, 6.45) is 4.27. The fourth-order valence-electron chi connectivity index (χ4n) is 5.11. The zero-order valence-electron chi connectivity index (χ0n) is 21.8. The van der Waals surface area contributed by atoms with Gasteiger partial charge in [-0.05, 0) is 77.4 Å². The van der Waals surface area contributed by atoms with Gasteiger partial charge in [-0.3, -0.25) is 4.79 Å². The molecule has 1 aliphatic heterocycles. The van der Waals surface area contributed by atoms with Crippen LogP contribution in [0.2, 0.25) is 0 Å². The first-order chi connectivity index (χ1) is 18.2. The lowest BCUT2D eigenvalue weighted by Gasteiger charge is -2.28. The average Bonchev–Trinajstić information content (AvgIpc) is 3.22. The number of hydrogen-bond donors (Lipinski definition) is 3. The van der Waals surface area contributed by atoms with Crippen molar-refractivity contribution in [3.05, 3.63) is 65.6 Å². The first kappa shape index (κ1) is 25.7. The van der Waals surface area contributed by atoms with Crippen LogP contribution in [-0.4, -0.2) is 44.1 Å². The van der Waals surface area contributed by atoms with Crippen LogP contribution in [0.3, 0.4) is 0 Å². The Labute approximate surface area is 219 Å². The summed E-state index contributed by atoms with van der Waals surface area (Å²) >= 11 is 0. The molecule has 0 radical (unpaired) electrons. The molecule has 2 unspecified atom stereocenters. The molecule has 0 bridgehead atoms. The Balaban J connectivity index is 1.36. The molecule has 3 N–H and O–H groups in total. The van der Waals surface area contributed by atoms with E-state index < -0.39 is 11.6 Å². The number of pyridine rings is 1. The molecule has 4 aromatic rings. The summed E-state index contributed by atoms with van der Waals surface area (Å²) in [5, 5.41) is 9.85. The molecule has 1 amide bonds. The van der Waals surface area contributed by atoms with Crippen molar-refractivity contribution >= 4 is 28.6 Å². The lowest BCUT2D eigenvalue weighted by atomic mass is 10.0. The highest BCUT2D eigenvalue weighted by atomic mass is 19.1. The van der Waals surface area contributed by atoms with E-state index >= 15 is 0 Å². The standard InChI is InChI=1S/C28H31F2N7O/c1-15(2)37-17(4)10-21-22(29)11-19(12-24(21)37)26-23(30)14-33-28(36-26)35-25-6-5-18(13-32-25)27(38)34-20-7-8-31-16(3)9-20/h5-6,10-16,20,31H,7-9H2,1-4H3,(H,34,38)(H,32,33,35,36). The Morgan fingerprint density at radius 1 is 1.13 bits per heavy atom. The molecular formula is C28H31F2N7O. The summed E-state index contributed by atoms with van der Waals surface area (Å²) in [7, 11) is 0. The number of piperidine rings is 1. The van der Waals surface area contributed by atoms with Crippen LogP contribution in [0.25, 0.3) is 22.2 Å². The molecule has 5 rings (SSSR count). The van der Waals surface area contributed by atoms with Gasteiger partial charge < -0.3 is 20.5 Å². The second kappa shape index (κ2) is 10.4. The van der Waals surface area contributed by atoms with Crippen molar-refractivity contribution in [2.45, 2.75) is 58.7 Å². The van der Waals surface area contributed by atoms with Gasteiger partial charge in [-0.15, -0.1) is 0 Å². The predicted molar refractivity (Wildman–Crippen MR) is 143 cm³/mol. The number of aromatic nitrogens is 4. The van der Waals surface area contributed by atoms with Gasteiger partial charge in [-0.25, -0.2) is 23.7 Å². The molecule has 1 saturated heterocycles. The Bertz CT molecular complexity index is 1480. The van der Waals surface area contributed by atoms with Crippen molar-refractivity contribution in [3.63, 3.8) is 0 Å². The highest BCUT2D eigenvalue weighted by Crippen LogP contribution is 2.32. The summed E-state index contributed by atoms with van der Waals surface area (Å²) in [6.45, 7) is 8.92. The fraction of sp³-hybridized carbons (Fsp3) is 0.357. The Morgan fingerprint density at radius 2 is 1.95 bits per heavy atom. The van der Waals surface area contributed by atoms with Gasteiger partial charge in [0.05, 0.1) is 17.3 Å². The molecule has 0 aliphatic carbocycles. The molecular weight excluding hydrogens is 488 g/mol. The lowest BCUT2D eigenvalue weighted by molar-refractivity contribution is 0.0925. The minimum Gasteiger partial charge on any atom is -0.349 e. The summed E-state index contributed by atoms with van der Waals surface area (Å²) in [4.78, 5) is 25.2. The second-order valence-electron chi connectivity index (χ2n) is 10.1. The van der Waals surface area contributed by atoms with E-state index in [-0.39, 0.29) is 29.6 Å². The van der Waals surface area contributed by atoms with E-state index in [1.165, 1.54) is 12.3 Å². The number of fused-ring (bicyclic) bond motifs is 1. The number of benzene rings is 1. The van der Waals surface area contributed by atoms with Gasteiger partial charge in [0.15, 0.2) is 5.82 Å². The quantitative estimate of drug-likeness (QED) is 0.321. The van der Waals surface area contributed by atoms with E-state index in [0.717, 1.165) is 31.3 Å². The highest BCUT2D eigenvalue weighted by molar-refractivity contribution is 5.94. The van der Waals surface area contributed by atoms with Crippen molar-refractivity contribution in [2.75, 3.05) is 11.9 Å². The van der Waals surface area contributed by atoms with Gasteiger partial charge >= 0.3 is 0 Å². The molecule has 0 spiro atoms. The van der Waals surface area contributed by atoms with Crippen LogP contribution in [0.1, 0.15) is 55.7 Å². The van der Waals surface area contributed by atoms with Crippen molar-refractivity contribution in [3.8, 4) is 11.3 Å². The number of anilines is 2. The van der Waals surface area contributed by atoms with Gasteiger partial charge in [0, 0.05) is 41.0 Å². The number of hydrogen-bond acceptors (Lipinski definition) is 6. The summed E-state index contributed by atoms with van der Waals surface area (Å²) in [5.41, 5.74) is 2.32. The number of halogens is 2. The number of nitrogens with one attached hydrogen (secondary N) is 3. The van der Waals surface area contributed by atoms with Crippen LogP contribution in [0, 0.1) is 18.6 Å². The van der Waals surface area contributed by atoms with Crippen LogP contribution < -0.4 is 16.0 Å². The number of rotatable bonds is 6. The SMILES string of the molecule is Cc1cc2c(F)cc(-c3nc(Nc4ccc(C(=O)NC5CCNC(C)C5)cn4)ncc3F)cc2n1C(C)C. The molecule has 198 valence electrons. The van der Waals surface area contributed by atoms with E-state index in [1.54, 1.807) is 24.3 Å². The molecule has 0 saturated carbocycles. The zero-order chi connectivity index (χ0) is 27.0. The van der Waals surface area contributed by atoms with E-state index in [2.05, 4.69) is 37.8 Å². The largest absolute Gasteiger partial charge is 0.349 e. The van der Waals surface area contributed by atoms with Crippen molar-refractivity contribution in [1.29, 1.82) is 0 Å². The van der Waals surface area contributed by atoms with E-state index in [9.17, 15) is 13.6 Å². The highest BCUT2D eigenvalue weighted by Gasteiger charge is 2.21. The Kier molecular flexibility index (Phi) is 7.07. The van der Waals surface area contributed by atoms with E-state index in [4.69, 9.17) is 0 Å². The lowest BCUT2D eigenvalue weighted by Crippen LogP contribution is -2.46. The first-order valence-corrected chi connectivity index (χ1v) is 12.8. The normalized spacial score (nSPS) is 17.7. The predicted octanol–water partition coefficient (Wildman–Crippen LogP) is 5.27. The van der Waals surface area contributed by atoms with Crippen LogP contribution in [0.15, 0.2) is 42.7 Å². The summed E-state index contributed by atoms with van der Waals surface area (Å²) in [6, 6.07) is 8.71. The van der Waals surface area contributed by atoms with Gasteiger partial charge in [0.1, 0.15) is 17.3 Å². The Morgan fingerprint density at radius 3 is 2.66 bits per heavy atom. The maximum Gasteiger partial charge on any atom is 0.253 e. The van der Waals surface area contributed by atoms with E-state index in [0.29, 0.717) is 33.9 Å². The minimum atomic E-state index is -0.666. The van der Waals surface area contributed by atoms with Crippen molar-refractivity contribution in [1.82, 2.24) is 30.2 Å². The molecule has 1 aliphatic rings. The average molecular weight is 520 g/mol. The summed E-state index contributed by atoms with van der Waals surface area (Å²) in [5.74, 6) is -0.795. The van der Waals surface area contributed by atoms with Gasteiger partial charge in [-0.1, -0.05) is 0 Å². The maximum atomic E-state index is 15.0. The number of carbonyl (C=O) groups excluding carboxylic acids is 1. The van der Waals surface area contributed by atoms with E-state index in [1.807, 2.05) is 25.3 Å². The second-order valence-corrected chi connectivity index (χ2v) is 10.1. The third kappa shape index (κ3) is 5.22. The maximum absolute atomic E-state index is 15.0. The monoisotopic (exact) mass is 519 g/mol. The number of amides is 1. The molecule has 2 atom stereocenters. The fourth-order valence-corrected chi connectivity index (χ4v) is 5.11. The molecule has 4 heterocycles. The topological polar surface area (TPSA) is 96.8 Å². The number of nitrogens with zero attached hydrogens (tertiary/aromatic N) is 4. The number of aryl methyl sites for hydroxylation is 1. The van der Waals surface area contributed by atoms with Gasteiger partial charge in [0.2, 0.25) is 5.95 Å². The summed E-state index contributed by atoms with van der Waals surface area (Å²) < 4.78 is 31.8. The van der Waals surface area contributed by atoms with Crippen LogP contribution in [0.5, 0.6) is 0 Å². The number of carbonyl (C=O) groups is 1.